The Bertz CT molecular complexity index is 992. The first-order valence-electron chi connectivity index (χ1n) is 8.49. The van der Waals surface area contributed by atoms with E-state index < -0.39 is 28.1 Å². The molecule has 0 saturated carbocycles. The lowest BCUT2D eigenvalue weighted by atomic mass is 10.1. The van der Waals surface area contributed by atoms with Gasteiger partial charge >= 0.3 is 5.97 Å². The van der Waals surface area contributed by atoms with Crippen molar-refractivity contribution in [2.24, 2.45) is 0 Å². The quantitative estimate of drug-likeness (QED) is 0.564. The lowest BCUT2D eigenvalue weighted by molar-refractivity contribution is 0.0473. The number of aryl methyl sites for hydroxylation is 1. The number of benzene rings is 2. The number of ketones is 1. The van der Waals surface area contributed by atoms with E-state index >= 15 is 0 Å². The average Bonchev–Trinajstić information content (AvgIpc) is 2.58. The number of rotatable bonds is 6. The second-order valence-electron chi connectivity index (χ2n) is 7.34. The van der Waals surface area contributed by atoms with E-state index in [0.29, 0.717) is 16.1 Å². The fraction of sp³-hybridized carbons (Fsp3) is 0.300. The minimum atomic E-state index is -3.81. The van der Waals surface area contributed by atoms with Crippen LogP contribution < -0.4 is 4.72 Å². The van der Waals surface area contributed by atoms with Crippen LogP contribution in [-0.4, -0.2) is 32.3 Å². The summed E-state index contributed by atoms with van der Waals surface area (Å²) >= 11 is 5.78. The van der Waals surface area contributed by atoms with Gasteiger partial charge in [-0.25, -0.2) is 17.9 Å². The van der Waals surface area contributed by atoms with Crippen LogP contribution >= 0.6 is 11.6 Å². The van der Waals surface area contributed by atoms with Gasteiger partial charge in [0.05, 0.1) is 10.5 Å². The maximum absolute atomic E-state index is 12.5. The molecular formula is C20H22ClNO5S. The molecule has 0 aromatic heterocycles. The summed E-state index contributed by atoms with van der Waals surface area (Å²) in [5.41, 5.74) is 0.314. The Morgan fingerprint density at radius 3 is 2.25 bits per heavy atom. The highest BCUT2D eigenvalue weighted by molar-refractivity contribution is 7.89. The molecule has 0 fully saturated rings. The van der Waals surface area contributed by atoms with Crippen LogP contribution in [0.3, 0.4) is 0 Å². The Kier molecular flexibility index (Phi) is 6.64. The lowest BCUT2D eigenvalue weighted by Gasteiger charge is -2.20. The van der Waals surface area contributed by atoms with Gasteiger partial charge in [0.2, 0.25) is 10.0 Å². The molecule has 0 aliphatic rings. The number of halogens is 1. The SMILES string of the molecule is Cc1ccc(S(=O)(=O)NC(C)(C)C)cc1C(=O)OCC(=O)c1ccc(Cl)cc1. The number of carbonyl (C=O) groups is 2. The van der Waals surface area contributed by atoms with Crippen LogP contribution in [0.1, 0.15) is 47.1 Å². The predicted octanol–water partition coefficient (Wildman–Crippen LogP) is 3.76. The molecule has 0 amide bonds. The van der Waals surface area contributed by atoms with Gasteiger partial charge in [-0.15, -0.1) is 0 Å². The van der Waals surface area contributed by atoms with E-state index in [1.54, 1.807) is 39.8 Å². The molecule has 0 atom stereocenters. The number of nitrogens with one attached hydrogen (secondary N) is 1. The molecule has 0 radical (unpaired) electrons. The van der Waals surface area contributed by atoms with E-state index in [0.717, 1.165) is 0 Å². The summed E-state index contributed by atoms with van der Waals surface area (Å²) in [6.07, 6.45) is 0. The first-order valence-corrected chi connectivity index (χ1v) is 10.4. The molecule has 0 spiro atoms. The number of carbonyl (C=O) groups excluding carboxylic acids is 2. The summed E-state index contributed by atoms with van der Waals surface area (Å²) in [7, 11) is -3.81. The van der Waals surface area contributed by atoms with Gasteiger partial charge in [-0.05, 0) is 69.7 Å². The molecule has 1 N–H and O–H groups in total. The molecular weight excluding hydrogens is 402 g/mol. The number of hydrogen-bond acceptors (Lipinski definition) is 5. The zero-order valence-electron chi connectivity index (χ0n) is 16.1. The third-order valence-corrected chi connectivity index (χ3v) is 5.69. The Balaban J connectivity index is 2.17. The zero-order valence-corrected chi connectivity index (χ0v) is 17.6. The highest BCUT2D eigenvalue weighted by Crippen LogP contribution is 2.19. The molecule has 0 saturated heterocycles. The molecule has 2 aromatic carbocycles. The van der Waals surface area contributed by atoms with Crippen molar-refractivity contribution in [2.45, 2.75) is 38.1 Å². The lowest BCUT2D eigenvalue weighted by Crippen LogP contribution is -2.40. The standard InChI is InChI=1S/C20H22ClNO5S/c1-13-5-10-16(28(25,26)22-20(2,3)4)11-17(13)19(24)27-12-18(23)14-6-8-15(21)9-7-14/h5-11,22H,12H2,1-4H3. The van der Waals surface area contributed by atoms with Crippen molar-refractivity contribution in [1.29, 1.82) is 0 Å². The van der Waals surface area contributed by atoms with Crippen molar-refractivity contribution in [3.63, 3.8) is 0 Å². The van der Waals surface area contributed by atoms with Crippen LogP contribution in [0.5, 0.6) is 0 Å². The molecule has 28 heavy (non-hydrogen) atoms. The van der Waals surface area contributed by atoms with E-state index in [1.807, 2.05) is 0 Å². The van der Waals surface area contributed by atoms with Gasteiger partial charge < -0.3 is 4.74 Å². The first-order chi connectivity index (χ1) is 12.9. The molecule has 6 nitrogen and oxygen atoms in total. The minimum absolute atomic E-state index is 0.0518. The fourth-order valence-corrected chi connectivity index (χ4v) is 3.95. The second-order valence-corrected chi connectivity index (χ2v) is 9.46. The molecule has 0 aliphatic carbocycles. The molecule has 2 rings (SSSR count). The molecule has 0 heterocycles. The Hall–Kier alpha value is -2.22. The molecule has 0 unspecified atom stereocenters. The zero-order chi connectivity index (χ0) is 21.1. The Morgan fingerprint density at radius 1 is 1.07 bits per heavy atom. The van der Waals surface area contributed by atoms with E-state index in [2.05, 4.69) is 4.72 Å². The van der Waals surface area contributed by atoms with Crippen LogP contribution in [0.25, 0.3) is 0 Å². The smallest absolute Gasteiger partial charge is 0.338 e. The van der Waals surface area contributed by atoms with Gasteiger partial charge in [0.15, 0.2) is 12.4 Å². The van der Waals surface area contributed by atoms with Crippen molar-refractivity contribution in [2.75, 3.05) is 6.61 Å². The largest absolute Gasteiger partial charge is 0.454 e. The molecule has 0 aliphatic heterocycles. The maximum Gasteiger partial charge on any atom is 0.338 e. The number of ether oxygens (including phenoxy) is 1. The summed E-state index contributed by atoms with van der Waals surface area (Å²) in [6.45, 7) is 6.35. The van der Waals surface area contributed by atoms with Gasteiger partial charge in [0.25, 0.3) is 0 Å². The van der Waals surface area contributed by atoms with E-state index in [9.17, 15) is 18.0 Å². The van der Waals surface area contributed by atoms with Crippen LogP contribution in [0, 0.1) is 6.92 Å². The summed E-state index contributed by atoms with van der Waals surface area (Å²) in [5, 5.41) is 0.492. The van der Waals surface area contributed by atoms with Crippen molar-refractivity contribution < 1.29 is 22.7 Å². The predicted molar refractivity (Wildman–Crippen MR) is 107 cm³/mol. The maximum atomic E-state index is 12.5. The molecule has 8 heteroatoms. The van der Waals surface area contributed by atoms with E-state index in [4.69, 9.17) is 16.3 Å². The summed E-state index contributed by atoms with van der Waals surface area (Å²) < 4.78 is 32.6. The average molecular weight is 424 g/mol. The number of hydrogen-bond donors (Lipinski definition) is 1. The van der Waals surface area contributed by atoms with Gasteiger partial charge in [-0.2, -0.15) is 0 Å². The fourth-order valence-electron chi connectivity index (χ4n) is 2.38. The number of Topliss-reactive ketones (excluding diaryl/α,β-unsaturated/α-hetero) is 1. The van der Waals surface area contributed by atoms with E-state index in [-0.39, 0.29) is 16.2 Å². The summed E-state index contributed by atoms with van der Waals surface area (Å²) in [4.78, 5) is 24.5. The van der Waals surface area contributed by atoms with Gasteiger partial charge in [-0.3, -0.25) is 4.79 Å². The van der Waals surface area contributed by atoms with Gasteiger partial charge in [0, 0.05) is 16.1 Å². The van der Waals surface area contributed by atoms with Crippen molar-refractivity contribution >= 4 is 33.4 Å². The van der Waals surface area contributed by atoms with Gasteiger partial charge in [-0.1, -0.05) is 17.7 Å². The van der Waals surface area contributed by atoms with Crippen molar-refractivity contribution in [1.82, 2.24) is 4.72 Å². The van der Waals surface area contributed by atoms with Crippen LogP contribution in [0.2, 0.25) is 5.02 Å². The number of esters is 1. The monoisotopic (exact) mass is 423 g/mol. The summed E-state index contributed by atoms with van der Waals surface area (Å²) in [6, 6.07) is 10.4. The van der Waals surface area contributed by atoms with Crippen molar-refractivity contribution in [3.8, 4) is 0 Å². The summed E-state index contributed by atoms with van der Waals surface area (Å²) in [5.74, 6) is -1.16. The number of sulfonamides is 1. The molecule has 2 aromatic rings. The minimum Gasteiger partial charge on any atom is -0.454 e. The topological polar surface area (TPSA) is 89.5 Å². The second kappa shape index (κ2) is 8.43. The third-order valence-electron chi connectivity index (χ3n) is 3.68. The van der Waals surface area contributed by atoms with Crippen LogP contribution in [0.15, 0.2) is 47.4 Å². The molecule has 0 bridgehead atoms. The van der Waals surface area contributed by atoms with E-state index in [1.165, 1.54) is 30.3 Å². The Labute approximate surface area is 169 Å². The highest BCUT2D eigenvalue weighted by atomic mass is 35.5. The normalized spacial score (nSPS) is 11.9. The molecule has 150 valence electrons. The van der Waals surface area contributed by atoms with Crippen LogP contribution in [0.4, 0.5) is 0 Å². The Morgan fingerprint density at radius 2 is 1.68 bits per heavy atom. The van der Waals surface area contributed by atoms with Crippen molar-refractivity contribution in [3.05, 3.63) is 64.2 Å². The van der Waals surface area contributed by atoms with Crippen LogP contribution in [-0.2, 0) is 14.8 Å². The van der Waals surface area contributed by atoms with Gasteiger partial charge in [0.1, 0.15) is 0 Å². The third kappa shape index (κ3) is 5.89. The first kappa shape index (κ1) is 22.1. The highest BCUT2D eigenvalue weighted by Gasteiger charge is 2.24.